The normalized spacial score (nSPS) is 23.7. The number of carbonyl (C=O) groups excluding carboxylic acids is 1. The van der Waals surface area contributed by atoms with E-state index in [1.54, 1.807) is 0 Å². The Morgan fingerprint density at radius 1 is 1.18 bits per heavy atom. The number of nitrogens with zero attached hydrogens (tertiary/aromatic N) is 3. The fraction of sp³-hybridized carbons (Fsp3) is 0.625. The van der Waals surface area contributed by atoms with Crippen LogP contribution in [0, 0.1) is 11.3 Å². The van der Waals surface area contributed by atoms with Gasteiger partial charge < -0.3 is 19.1 Å². The highest BCUT2D eigenvalue weighted by atomic mass is 16.7. The molecule has 0 aliphatic carbocycles. The molecule has 2 saturated heterocycles. The first-order chi connectivity index (χ1) is 18.8. The molecular formula is C32H46N3O4+. The van der Waals surface area contributed by atoms with Gasteiger partial charge in [0.2, 0.25) is 5.91 Å². The zero-order valence-electron chi connectivity index (χ0n) is 24.4. The first kappa shape index (κ1) is 28.1. The molecule has 7 heteroatoms. The quantitative estimate of drug-likeness (QED) is 0.420. The second-order valence-electron chi connectivity index (χ2n) is 12.3. The van der Waals surface area contributed by atoms with Crippen LogP contribution in [0.1, 0.15) is 64.0 Å². The molecule has 0 bridgehead atoms. The van der Waals surface area contributed by atoms with Gasteiger partial charge in [0.05, 0.1) is 26.4 Å². The highest BCUT2D eigenvalue weighted by Crippen LogP contribution is 2.44. The Kier molecular flexibility index (Phi) is 8.60. The molecule has 0 spiro atoms. The van der Waals surface area contributed by atoms with E-state index < -0.39 is 0 Å². The van der Waals surface area contributed by atoms with Crippen molar-refractivity contribution in [3.8, 4) is 5.75 Å². The van der Waals surface area contributed by atoms with E-state index in [1.807, 2.05) is 41.0 Å². The van der Waals surface area contributed by atoms with Gasteiger partial charge in [0, 0.05) is 43.0 Å². The van der Waals surface area contributed by atoms with Crippen molar-refractivity contribution in [1.29, 1.82) is 0 Å². The number of rotatable bonds is 10. The Labute approximate surface area is 234 Å². The van der Waals surface area contributed by atoms with Crippen molar-refractivity contribution >= 4 is 11.6 Å². The summed E-state index contributed by atoms with van der Waals surface area (Å²) in [6, 6.07) is 11.0. The van der Waals surface area contributed by atoms with Gasteiger partial charge in [0.25, 0.3) is 0 Å². The first-order valence-electron chi connectivity index (χ1n) is 14.8. The minimum atomic E-state index is -0.205. The molecule has 2 fully saturated rings. The average Bonchev–Trinajstić information content (AvgIpc) is 3.67. The van der Waals surface area contributed by atoms with Crippen molar-refractivity contribution in [2.45, 2.75) is 71.6 Å². The van der Waals surface area contributed by atoms with E-state index in [9.17, 15) is 4.79 Å². The zero-order chi connectivity index (χ0) is 27.6. The number of hydrogen-bond acceptors (Lipinski definition) is 5. The third-order valence-electron chi connectivity index (χ3n) is 8.89. The van der Waals surface area contributed by atoms with Crippen LogP contribution < -0.4 is 14.2 Å². The van der Waals surface area contributed by atoms with Gasteiger partial charge >= 0.3 is 0 Å². The summed E-state index contributed by atoms with van der Waals surface area (Å²) in [6.07, 6.45) is 7.76. The smallest absolute Gasteiger partial charge is 0.241 e. The minimum absolute atomic E-state index is 0.160. The van der Waals surface area contributed by atoms with Crippen LogP contribution in [0.2, 0.25) is 0 Å². The lowest BCUT2D eigenvalue weighted by molar-refractivity contribution is -0.670. The van der Waals surface area contributed by atoms with Gasteiger partial charge in [-0.3, -0.25) is 9.69 Å². The van der Waals surface area contributed by atoms with Gasteiger partial charge in [0.15, 0.2) is 18.7 Å². The molecular weight excluding hydrogens is 490 g/mol. The lowest BCUT2D eigenvalue weighted by Gasteiger charge is -2.37. The molecule has 3 atom stereocenters. The van der Waals surface area contributed by atoms with Gasteiger partial charge in [-0.2, -0.15) is 0 Å². The third-order valence-corrected chi connectivity index (χ3v) is 8.89. The summed E-state index contributed by atoms with van der Waals surface area (Å²) in [4.78, 5) is 18.4. The number of benzene rings is 1. The van der Waals surface area contributed by atoms with Crippen LogP contribution >= 0.6 is 0 Å². The maximum atomic E-state index is 14.0. The van der Waals surface area contributed by atoms with E-state index in [2.05, 4.69) is 50.8 Å². The molecule has 0 radical (unpaired) electrons. The predicted molar refractivity (Wildman–Crippen MR) is 152 cm³/mol. The van der Waals surface area contributed by atoms with Crippen molar-refractivity contribution in [3.05, 3.63) is 53.9 Å². The number of ether oxygens (including phenoxy) is 3. The molecule has 5 rings (SSSR count). The number of pyridine rings is 1. The summed E-state index contributed by atoms with van der Waals surface area (Å²) >= 11 is 0. The Bertz CT molecular complexity index is 1150. The Balaban J connectivity index is 1.41. The molecule has 4 heterocycles. The summed E-state index contributed by atoms with van der Waals surface area (Å²) in [7, 11) is 2.01. The molecule has 212 valence electrons. The number of aryl methyl sites for hydroxylation is 1. The molecule has 3 aliphatic rings. The van der Waals surface area contributed by atoms with Crippen LogP contribution in [0.3, 0.4) is 0 Å². The molecule has 0 unspecified atom stereocenters. The SMILES string of the molecule is CCCCN(C(=O)CN1C[C@H](c2ccc3c(c2)CCO3)[C@@H](C)[C@@H]1CC(C)(C)C1OCCO1)c1ccc[n+](C)c1. The van der Waals surface area contributed by atoms with E-state index in [-0.39, 0.29) is 23.7 Å². The summed E-state index contributed by atoms with van der Waals surface area (Å²) in [6.45, 7) is 13.1. The number of aromatic nitrogens is 1. The standard InChI is InChI=1S/C32H46N3O4/c1-6-7-14-35(26-9-8-13-33(5)20-26)30(36)22-34-21-27(24-10-11-29-25(18-24)12-15-37-29)23(2)28(34)19-32(3,4)31-38-16-17-39-31/h8-11,13,18,20,23,27-28,31H,6-7,12,14-17,19,21-22H2,1-5H3/q+1/t23-,27+,28+/m1/s1. The van der Waals surface area contributed by atoms with Crippen LogP contribution in [-0.2, 0) is 27.7 Å². The van der Waals surface area contributed by atoms with Gasteiger partial charge in [-0.15, -0.1) is 0 Å². The fourth-order valence-electron chi connectivity index (χ4n) is 6.65. The molecule has 3 aliphatic heterocycles. The highest BCUT2D eigenvalue weighted by Gasteiger charge is 2.46. The van der Waals surface area contributed by atoms with Gasteiger partial charge in [-0.1, -0.05) is 46.2 Å². The van der Waals surface area contributed by atoms with Gasteiger partial charge in [0.1, 0.15) is 18.5 Å². The van der Waals surface area contributed by atoms with E-state index >= 15 is 0 Å². The number of likely N-dealkylation sites (tertiary alicyclic amines) is 1. The lowest BCUT2D eigenvalue weighted by Crippen LogP contribution is -2.46. The van der Waals surface area contributed by atoms with Crippen molar-refractivity contribution in [1.82, 2.24) is 4.90 Å². The van der Waals surface area contributed by atoms with E-state index in [0.29, 0.717) is 31.6 Å². The van der Waals surface area contributed by atoms with Crippen molar-refractivity contribution in [3.63, 3.8) is 0 Å². The number of amides is 1. The van der Waals surface area contributed by atoms with Crippen molar-refractivity contribution < 1.29 is 23.6 Å². The van der Waals surface area contributed by atoms with Gasteiger partial charge in [-0.25, -0.2) is 4.57 Å². The zero-order valence-corrected chi connectivity index (χ0v) is 24.4. The number of hydrogen-bond donors (Lipinski definition) is 0. The molecule has 7 nitrogen and oxygen atoms in total. The second-order valence-corrected chi connectivity index (χ2v) is 12.3. The van der Waals surface area contributed by atoms with Gasteiger partial charge in [-0.05, 0) is 42.0 Å². The molecule has 39 heavy (non-hydrogen) atoms. The highest BCUT2D eigenvalue weighted by molar-refractivity contribution is 5.94. The van der Waals surface area contributed by atoms with Crippen molar-refractivity contribution in [2.75, 3.05) is 44.4 Å². The number of fused-ring (bicyclic) bond motifs is 1. The van der Waals surface area contributed by atoms with Crippen LogP contribution in [0.25, 0.3) is 0 Å². The number of carbonyl (C=O) groups is 1. The predicted octanol–water partition coefficient (Wildman–Crippen LogP) is 4.47. The van der Waals surface area contributed by atoms with Crippen molar-refractivity contribution in [2.24, 2.45) is 18.4 Å². The van der Waals surface area contributed by atoms with E-state index in [4.69, 9.17) is 14.2 Å². The fourth-order valence-corrected chi connectivity index (χ4v) is 6.65. The molecule has 1 amide bonds. The summed E-state index contributed by atoms with van der Waals surface area (Å²) in [5, 5.41) is 0. The van der Waals surface area contributed by atoms with E-state index in [0.717, 1.165) is 56.8 Å². The summed E-state index contributed by atoms with van der Waals surface area (Å²) in [5.41, 5.74) is 3.47. The largest absolute Gasteiger partial charge is 0.493 e. The lowest BCUT2D eigenvalue weighted by atomic mass is 9.78. The van der Waals surface area contributed by atoms with Crippen LogP contribution in [0.4, 0.5) is 5.69 Å². The second kappa shape index (κ2) is 11.9. The Morgan fingerprint density at radius 3 is 2.72 bits per heavy atom. The van der Waals surface area contributed by atoms with Crippen LogP contribution in [0.15, 0.2) is 42.7 Å². The molecule has 2 aromatic rings. The third kappa shape index (κ3) is 6.16. The maximum Gasteiger partial charge on any atom is 0.241 e. The molecule has 0 saturated carbocycles. The maximum absolute atomic E-state index is 14.0. The Hall–Kier alpha value is -2.48. The average molecular weight is 537 g/mol. The number of anilines is 1. The van der Waals surface area contributed by atoms with Crippen LogP contribution in [0.5, 0.6) is 5.75 Å². The van der Waals surface area contributed by atoms with E-state index in [1.165, 1.54) is 11.1 Å². The van der Waals surface area contributed by atoms with Crippen LogP contribution in [-0.4, -0.2) is 62.6 Å². The topological polar surface area (TPSA) is 55.1 Å². The monoisotopic (exact) mass is 536 g/mol. The minimum Gasteiger partial charge on any atom is -0.493 e. The molecule has 0 N–H and O–H groups in total. The number of unbranched alkanes of at least 4 members (excludes halogenated alkanes) is 1. The first-order valence-corrected chi connectivity index (χ1v) is 14.8. The molecule has 1 aromatic carbocycles. The Morgan fingerprint density at radius 2 is 1.97 bits per heavy atom. The summed E-state index contributed by atoms with van der Waals surface area (Å²) < 4.78 is 19.7. The molecule has 1 aromatic heterocycles. The summed E-state index contributed by atoms with van der Waals surface area (Å²) in [5.74, 6) is 1.93.